The molecular weight excluding hydrogens is 308 g/mol. The Hall–Kier alpha value is -0.980. The summed E-state index contributed by atoms with van der Waals surface area (Å²) in [6.45, 7) is 13.7. The minimum Gasteiger partial charge on any atom is -0.340 e. The van der Waals surface area contributed by atoms with E-state index in [9.17, 15) is 4.79 Å². The molecule has 0 saturated carbocycles. The van der Waals surface area contributed by atoms with Gasteiger partial charge in [-0.1, -0.05) is 27.7 Å². The summed E-state index contributed by atoms with van der Waals surface area (Å²) >= 11 is 1.75. The lowest BCUT2D eigenvalue weighted by Gasteiger charge is -2.35. The first-order chi connectivity index (χ1) is 10.8. The number of hydrogen-bond acceptors (Lipinski definition) is 5. The predicted molar refractivity (Wildman–Crippen MR) is 95.8 cm³/mol. The van der Waals surface area contributed by atoms with E-state index in [0.717, 1.165) is 45.0 Å². The van der Waals surface area contributed by atoms with Crippen LogP contribution in [0.1, 0.15) is 38.4 Å². The molecule has 5 nitrogen and oxygen atoms in total. The highest BCUT2D eigenvalue weighted by Gasteiger charge is 2.25. The third-order valence-corrected chi connectivity index (χ3v) is 5.51. The zero-order valence-electron chi connectivity index (χ0n) is 15.1. The Morgan fingerprint density at radius 3 is 2.52 bits per heavy atom. The summed E-state index contributed by atoms with van der Waals surface area (Å²) in [5, 5.41) is 6.45. The highest BCUT2D eigenvalue weighted by molar-refractivity contribution is 7.09. The molecule has 1 N–H and O–H groups in total. The molecule has 1 aliphatic rings. The van der Waals surface area contributed by atoms with Gasteiger partial charge in [0.1, 0.15) is 0 Å². The van der Waals surface area contributed by atoms with Gasteiger partial charge >= 0.3 is 0 Å². The summed E-state index contributed by atoms with van der Waals surface area (Å²) in [5.41, 5.74) is 1.28. The fourth-order valence-electron chi connectivity index (χ4n) is 2.78. The average Bonchev–Trinajstić information content (AvgIpc) is 2.96. The molecule has 1 fully saturated rings. The van der Waals surface area contributed by atoms with Gasteiger partial charge in [-0.05, 0) is 7.05 Å². The minimum absolute atomic E-state index is 0.0550. The van der Waals surface area contributed by atoms with Gasteiger partial charge in [-0.3, -0.25) is 9.69 Å². The fourth-order valence-corrected chi connectivity index (χ4v) is 3.68. The molecule has 1 aliphatic heterocycles. The molecule has 6 heteroatoms. The van der Waals surface area contributed by atoms with E-state index in [-0.39, 0.29) is 17.2 Å². The van der Waals surface area contributed by atoms with Gasteiger partial charge in [0.15, 0.2) is 0 Å². The number of amides is 1. The molecule has 23 heavy (non-hydrogen) atoms. The lowest BCUT2D eigenvalue weighted by molar-refractivity contribution is -0.136. The minimum atomic E-state index is 0.0550. The van der Waals surface area contributed by atoms with Gasteiger partial charge < -0.3 is 10.2 Å². The Kier molecular flexibility index (Phi) is 6.17. The average molecular weight is 339 g/mol. The van der Waals surface area contributed by atoms with Crippen molar-refractivity contribution < 1.29 is 4.79 Å². The van der Waals surface area contributed by atoms with Crippen molar-refractivity contribution in [3.63, 3.8) is 0 Å². The van der Waals surface area contributed by atoms with E-state index in [1.54, 1.807) is 11.3 Å². The number of hydrogen-bond donors (Lipinski definition) is 1. The smallest absolute Gasteiger partial charge is 0.226 e. The van der Waals surface area contributed by atoms with E-state index in [1.165, 1.54) is 5.01 Å². The summed E-state index contributed by atoms with van der Waals surface area (Å²) in [6, 6.07) is 0. The van der Waals surface area contributed by atoms with E-state index >= 15 is 0 Å². The summed E-state index contributed by atoms with van der Waals surface area (Å²) in [7, 11) is 1.89. The van der Waals surface area contributed by atoms with E-state index in [0.29, 0.717) is 0 Å². The van der Waals surface area contributed by atoms with Gasteiger partial charge in [0.05, 0.1) is 10.7 Å². The number of nitrogens with one attached hydrogen (secondary N) is 1. The maximum Gasteiger partial charge on any atom is 0.226 e. The molecule has 0 aliphatic carbocycles. The standard InChI is InChI=1S/C17H30N4OS/c1-13(10-18-5)15(22)21-8-6-20(7-9-21)11-14-12-23-16(19-14)17(2,3)4/h12-13,18H,6-11H2,1-5H3. The number of thiazole rings is 1. The molecule has 1 saturated heterocycles. The zero-order valence-corrected chi connectivity index (χ0v) is 15.9. The van der Waals surface area contributed by atoms with Crippen LogP contribution in [0, 0.1) is 5.92 Å². The molecule has 0 bridgehead atoms. The van der Waals surface area contributed by atoms with E-state index in [1.807, 2.05) is 18.9 Å². The Morgan fingerprint density at radius 1 is 1.35 bits per heavy atom. The molecule has 1 unspecified atom stereocenters. The van der Waals surface area contributed by atoms with Crippen LogP contribution in [-0.2, 0) is 16.8 Å². The molecule has 2 rings (SSSR count). The lowest BCUT2D eigenvalue weighted by atomic mass is 9.98. The van der Waals surface area contributed by atoms with Crippen molar-refractivity contribution in [1.29, 1.82) is 0 Å². The molecule has 0 aromatic carbocycles. The summed E-state index contributed by atoms with van der Waals surface area (Å²) < 4.78 is 0. The SMILES string of the molecule is CNCC(C)C(=O)N1CCN(Cc2csc(C(C)(C)C)n2)CC1. The summed E-state index contributed by atoms with van der Waals surface area (Å²) in [5.74, 6) is 0.321. The van der Waals surface area contributed by atoms with Crippen LogP contribution in [0.4, 0.5) is 0 Å². The van der Waals surface area contributed by atoms with Crippen LogP contribution in [0.25, 0.3) is 0 Å². The van der Waals surface area contributed by atoms with Crippen LogP contribution in [-0.4, -0.2) is 60.5 Å². The quantitative estimate of drug-likeness (QED) is 0.891. The molecule has 1 aromatic rings. The summed E-state index contributed by atoms with van der Waals surface area (Å²) in [6.07, 6.45) is 0. The lowest BCUT2D eigenvalue weighted by Crippen LogP contribution is -2.50. The van der Waals surface area contributed by atoms with Gasteiger partial charge in [-0.15, -0.1) is 11.3 Å². The highest BCUT2D eigenvalue weighted by Crippen LogP contribution is 2.26. The van der Waals surface area contributed by atoms with Crippen molar-refractivity contribution in [1.82, 2.24) is 20.1 Å². The maximum absolute atomic E-state index is 12.3. The van der Waals surface area contributed by atoms with Crippen LogP contribution in [0.3, 0.4) is 0 Å². The third-order valence-electron chi connectivity index (χ3n) is 4.19. The number of aromatic nitrogens is 1. The van der Waals surface area contributed by atoms with Crippen LogP contribution in [0.5, 0.6) is 0 Å². The largest absolute Gasteiger partial charge is 0.340 e. The second-order valence-corrected chi connectivity index (χ2v) is 8.31. The van der Waals surface area contributed by atoms with Crippen LogP contribution in [0.2, 0.25) is 0 Å². The van der Waals surface area contributed by atoms with Crippen molar-refractivity contribution in [2.75, 3.05) is 39.8 Å². The van der Waals surface area contributed by atoms with Gasteiger partial charge in [-0.2, -0.15) is 0 Å². The predicted octanol–water partition coefficient (Wildman–Crippen LogP) is 1.94. The van der Waals surface area contributed by atoms with Crippen LogP contribution >= 0.6 is 11.3 Å². The van der Waals surface area contributed by atoms with E-state index in [4.69, 9.17) is 4.98 Å². The normalized spacial score (nSPS) is 18.2. The summed E-state index contributed by atoms with van der Waals surface area (Å²) in [4.78, 5) is 21.5. The maximum atomic E-state index is 12.3. The number of rotatable bonds is 5. The monoisotopic (exact) mass is 338 g/mol. The Balaban J connectivity index is 1.83. The Morgan fingerprint density at radius 2 is 2.00 bits per heavy atom. The zero-order chi connectivity index (χ0) is 17.0. The first-order valence-corrected chi connectivity index (χ1v) is 9.30. The van der Waals surface area contributed by atoms with E-state index < -0.39 is 0 Å². The van der Waals surface area contributed by atoms with Crippen molar-refractivity contribution in [3.8, 4) is 0 Å². The highest BCUT2D eigenvalue weighted by atomic mass is 32.1. The number of carbonyl (C=O) groups is 1. The van der Waals surface area contributed by atoms with Crippen molar-refractivity contribution in [3.05, 3.63) is 16.1 Å². The molecule has 0 radical (unpaired) electrons. The van der Waals surface area contributed by atoms with Gasteiger partial charge in [0, 0.05) is 56.0 Å². The second-order valence-electron chi connectivity index (χ2n) is 7.45. The van der Waals surface area contributed by atoms with Gasteiger partial charge in [0.2, 0.25) is 5.91 Å². The number of carbonyl (C=O) groups excluding carboxylic acids is 1. The third kappa shape index (κ3) is 4.99. The van der Waals surface area contributed by atoms with Crippen LogP contribution < -0.4 is 5.32 Å². The first-order valence-electron chi connectivity index (χ1n) is 8.42. The van der Waals surface area contributed by atoms with Crippen molar-refractivity contribution >= 4 is 17.2 Å². The van der Waals surface area contributed by atoms with Gasteiger partial charge in [0.25, 0.3) is 0 Å². The molecular formula is C17H30N4OS. The second kappa shape index (κ2) is 7.73. The van der Waals surface area contributed by atoms with E-state index in [2.05, 4.69) is 36.4 Å². The van der Waals surface area contributed by atoms with Gasteiger partial charge in [-0.25, -0.2) is 4.98 Å². The molecule has 130 valence electrons. The first kappa shape index (κ1) is 18.4. The van der Waals surface area contributed by atoms with Crippen LogP contribution in [0.15, 0.2) is 5.38 Å². The topological polar surface area (TPSA) is 48.5 Å². The number of piperazine rings is 1. The molecule has 0 spiro atoms. The van der Waals surface area contributed by atoms with Crippen molar-refractivity contribution in [2.24, 2.45) is 5.92 Å². The molecule has 1 amide bonds. The molecule has 1 atom stereocenters. The van der Waals surface area contributed by atoms with Crippen molar-refractivity contribution in [2.45, 2.75) is 39.7 Å². The fraction of sp³-hybridized carbons (Fsp3) is 0.765. The Labute approximate surface area is 144 Å². The molecule has 2 heterocycles. The Bertz CT molecular complexity index is 515. The molecule has 1 aromatic heterocycles. The number of nitrogens with zero attached hydrogens (tertiary/aromatic N) is 3.